The number of aryl methyl sites for hydroxylation is 2. The lowest BCUT2D eigenvalue weighted by Crippen LogP contribution is -2.09. The first-order valence-electron chi connectivity index (χ1n) is 6.00. The Labute approximate surface area is 110 Å². The third kappa shape index (κ3) is 3.27. The zero-order valence-corrected chi connectivity index (χ0v) is 10.6. The smallest absolute Gasteiger partial charge is 0.292 e. The summed E-state index contributed by atoms with van der Waals surface area (Å²) in [4.78, 5) is 10.6. The van der Waals surface area contributed by atoms with Gasteiger partial charge in [0.15, 0.2) is 0 Å². The van der Waals surface area contributed by atoms with Crippen LogP contribution in [-0.4, -0.2) is 26.5 Å². The minimum atomic E-state index is -0.368. The molecule has 0 atom stereocenters. The van der Waals surface area contributed by atoms with Crippen molar-refractivity contribution in [3.05, 3.63) is 46.3 Å². The van der Waals surface area contributed by atoms with E-state index in [0.717, 1.165) is 18.5 Å². The van der Waals surface area contributed by atoms with Crippen LogP contribution in [0.3, 0.4) is 0 Å². The van der Waals surface area contributed by atoms with Gasteiger partial charge in [0.25, 0.3) is 5.69 Å². The highest BCUT2D eigenvalue weighted by molar-refractivity contribution is 5.65. The fourth-order valence-corrected chi connectivity index (χ4v) is 1.84. The van der Waals surface area contributed by atoms with Gasteiger partial charge in [0.2, 0.25) is 0 Å². The Kier molecular flexibility index (Phi) is 4.07. The third-order valence-corrected chi connectivity index (χ3v) is 2.79. The summed E-state index contributed by atoms with van der Waals surface area (Å²) in [5, 5.41) is 21.6. The maximum Gasteiger partial charge on any atom is 0.292 e. The molecule has 0 aliphatic rings. The number of nitro benzene ring substituents is 1. The number of nitro groups is 1. The molecule has 0 amide bonds. The van der Waals surface area contributed by atoms with E-state index >= 15 is 0 Å². The van der Waals surface area contributed by atoms with Crippen molar-refractivity contribution in [1.82, 2.24) is 15.0 Å². The molecule has 0 aliphatic carbocycles. The summed E-state index contributed by atoms with van der Waals surface area (Å²) >= 11 is 0. The molecule has 0 unspecified atom stereocenters. The van der Waals surface area contributed by atoms with Crippen LogP contribution in [0.4, 0.5) is 11.4 Å². The summed E-state index contributed by atoms with van der Waals surface area (Å²) in [5.41, 5.74) is 1.57. The first kappa shape index (κ1) is 13.0. The molecule has 0 bridgehead atoms. The minimum absolute atomic E-state index is 0.112. The zero-order chi connectivity index (χ0) is 13.7. The molecule has 0 aliphatic heterocycles. The van der Waals surface area contributed by atoms with Crippen LogP contribution in [0.5, 0.6) is 0 Å². The zero-order valence-electron chi connectivity index (χ0n) is 10.6. The van der Waals surface area contributed by atoms with Crippen LogP contribution in [-0.2, 0) is 6.54 Å². The summed E-state index contributed by atoms with van der Waals surface area (Å²) in [5.74, 6) is 0. The highest BCUT2D eigenvalue weighted by Gasteiger charge is 2.14. The molecular weight excluding hydrogens is 246 g/mol. The van der Waals surface area contributed by atoms with Crippen molar-refractivity contribution in [2.24, 2.45) is 0 Å². The third-order valence-electron chi connectivity index (χ3n) is 2.79. The molecule has 1 aromatic carbocycles. The van der Waals surface area contributed by atoms with Crippen LogP contribution in [0.1, 0.15) is 12.0 Å². The summed E-state index contributed by atoms with van der Waals surface area (Å²) < 4.78 is 1.73. The van der Waals surface area contributed by atoms with Crippen molar-refractivity contribution < 1.29 is 4.92 Å². The lowest BCUT2D eigenvalue weighted by Gasteiger charge is -2.09. The fourth-order valence-electron chi connectivity index (χ4n) is 1.84. The van der Waals surface area contributed by atoms with E-state index in [-0.39, 0.29) is 10.6 Å². The number of benzene rings is 1. The number of para-hydroxylation sites is 1. The van der Waals surface area contributed by atoms with Gasteiger partial charge in [0.05, 0.1) is 11.1 Å². The highest BCUT2D eigenvalue weighted by atomic mass is 16.6. The van der Waals surface area contributed by atoms with Crippen molar-refractivity contribution in [1.29, 1.82) is 0 Å². The minimum Gasteiger partial charge on any atom is -0.379 e. The lowest BCUT2D eigenvalue weighted by molar-refractivity contribution is -0.384. The maximum absolute atomic E-state index is 10.9. The van der Waals surface area contributed by atoms with Crippen molar-refractivity contribution in [2.75, 3.05) is 11.9 Å². The Bertz CT molecular complexity index is 553. The second-order valence-electron chi connectivity index (χ2n) is 4.17. The summed E-state index contributed by atoms with van der Waals surface area (Å²) in [6.07, 6.45) is 4.23. The predicted molar refractivity (Wildman–Crippen MR) is 71.0 cm³/mol. The molecule has 0 saturated carbocycles. The molecule has 0 spiro atoms. The van der Waals surface area contributed by atoms with Crippen molar-refractivity contribution in [3.8, 4) is 0 Å². The Morgan fingerprint density at radius 2 is 2.32 bits per heavy atom. The molecule has 1 heterocycles. The van der Waals surface area contributed by atoms with E-state index in [2.05, 4.69) is 15.6 Å². The van der Waals surface area contributed by atoms with Crippen LogP contribution in [0, 0.1) is 17.0 Å². The van der Waals surface area contributed by atoms with Gasteiger partial charge in [-0.05, 0) is 18.9 Å². The number of anilines is 1. The topological polar surface area (TPSA) is 85.9 Å². The van der Waals surface area contributed by atoms with Crippen molar-refractivity contribution in [2.45, 2.75) is 19.9 Å². The summed E-state index contributed by atoms with van der Waals surface area (Å²) in [6, 6.07) is 5.05. The summed E-state index contributed by atoms with van der Waals surface area (Å²) in [6.45, 7) is 3.23. The van der Waals surface area contributed by atoms with E-state index in [1.165, 1.54) is 6.07 Å². The normalized spacial score (nSPS) is 10.4. The molecule has 0 saturated heterocycles. The van der Waals surface area contributed by atoms with E-state index in [4.69, 9.17) is 0 Å². The first-order chi connectivity index (χ1) is 9.18. The van der Waals surface area contributed by atoms with Crippen LogP contribution in [0.25, 0.3) is 0 Å². The number of hydrogen-bond donors (Lipinski definition) is 1. The number of aromatic nitrogens is 3. The molecule has 19 heavy (non-hydrogen) atoms. The van der Waals surface area contributed by atoms with Gasteiger partial charge in [-0.2, -0.15) is 0 Å². The molecule has 1 aromatic heterocycles. The monoisotopic (exact) mass is 261 g/mol. The predicted octanol–water partition coefficient (Wildman–Crippen LogP) is 2.00. The van der Waals surface area contributed by atoms with E-state index in [1.807, 2.05) is 13.0 Å². The molecule has 1 N–H and O–H groups in total. The Hall–Kier alpha value is -2.44. The molecule has 0 radical (unpaired) electrons. The average molecular weight is 261 g/mol. The molecular formula is C12H15N5O2. The van der Waals surface area contributed by atoms with E-state index in [9.17, 15) is 10.1 Å². The van der Waals surface area contributed by atoms with Crippen LogP contribution in [0.2, 0.25) is 0 Å². The summed E-state index contributed by atoms with van der Waals surface area (Å²) in [7, 11) is 0. The van der Waals surface area contributed by atoms with Crippen LogP contribution >= 0.6 is 0 Å². The van der Waals surface area contributed by atoms with Crippen molar-refractivity contribution in [3.63, 3.8) is 0 Å². The van der Waals surface area contributed by atoms with E-state index in [0.29, 0.717) is 12.2 Å². The average Bonchev–Trinajstić information content (AvgIpc) is 2.88. The van der Waals surface area contributed by atoms with Gasteiger partial charge in [0.1, 0.15) is 5.69 Å². The standard InChI is InChI=1S/C12H15N5O2/c1-10-4-2-5-11(17(18)19)12(10)13-6-3-8-16-9-7-14-15-16/h2,4-5,7,9,13H,3,6,8H2,1H3. The van der Waals surface area contributed by atoms with E-state index < -0.39 is 0 Å². The Morgan fingerprint density at radius 3 is 3.00 bits per heavy atom. The van der Waals surface area contributed by atoms with E-state index in [1.54, 1.807) is 23.1 Å². The van der Waals surface area contributed by atoms with Gasteiger partial charge in [-0.25, -0.2) is 0 Å². The quantitative estimate of drug-likeness (QED) is 0.488. The van der Waals surface area contributed by atoms with Crippen LogP contribution in [0.15, 0.2) is 30.6 Å². The van der Waals surface area contributed by atoms with Gasteiger partial charge in [-0.15, -0.1) is 5.10 Å². The molecule has 100 valence electrons. The number of nitrogens with zero attached hydrogens (tertiary/aromatic N) is 4. The van der Waals surface area contributed by atoms with Gasteiger partial charge >= 0.3 is 0 Å². The van der Waals surface area contributed by atoms with Crippen molar-refractivity contribution >= 4 is 11.4 Å². The molecule has 2 rings (SSSR count). The fraction of sp³-hybridized carbons (Fsp3) is 0.333. The highest BCUT2D eigenvalue weighted by Crippen LogP contribution is 2.27. The molecule has 7 nitrogen and oxygen atoms in total. The Balaban J connectivity index is 1.93. The SMILES string of the molecule is Cc1cccc([N+](=O)[O-])c1NCCCn1ccnn1. The van der Waals surface area contributed by atoms with Crippen LogP contribution < -0.4 is 5.32 Å². The van der Waals surface area contributed by atoms with Gasteiger partial charge in [-0.3, -0.25) is 14.8 Å². The number of rotatable bonds is 6. The molecule has 7 heteroatoms. The second kappa shape index (κ2) is 5.94. The first-order valence-corrected chi connectivity index (χ1v) is 6.00. The molecule has 0 fully saturated rings. The number of hydrogen-bond acceptors (Lipinski definition) is 5. The van der Waals surface area contributed by atoms with Gasteiger partial charge in [-0.1, -0.05) is 17.3 Å². The lowest BCUT2D eigenvalue weighted by atomic mass is 10.1. The molecule has 2 aromatic rings. The van der Waals surface area contributed by atoms with Gasteiger partial charge in [0, 0.05) is 25.4 Å². The van der Waals surface area contributed by atoms with Gasteiger partial charge < -0.3 is 5.32 Å². The number of nitrogens with one attached hydrogen (secondary N) is 1. The largest absolute Gasteiger partial charge is 0.379 e. The maximum atomic E-state index is 10.9. The second-order valence-corrected chi connectivity index (χ2v) is 4.17. The Morgan fingerprint density at radius 1 is 1.47 bits per heavy atom.